The minimum Gasteiger partial charge on any atom is -0.395 e. The van der Waals surface area contributed by atoms with E-state index in [4.69, 9.17) is 5.11 Å². The molecular formula is C9H19NO. The molecule has 0 aromatic heterocycles. The Balaban J connectivity index is 2.08. The smallest absolute Gasteiger partial charge is 0.0584 e. The molecule has 1 fully saturated rings. The van der Waals surface area contributed by atoms with E-state index in [-0.39, 0.29) is 0 Å². The highest BCUT2D eigenvalue weighted by atomic mass is 16.3. The predicted octanol–water partition coefficient (Wildman–Crippen LogP) is 1.15. The van der Waals surface area contributed by atoms with Crippen LogP contribution in [0.4, 0.5) is 0 Å². The van der Waals surface area contributed by atoms with Crippen molar-refractivity contribution in [1.82, 2.24) is 5.32 Å². The van der Waals surface area contributed by atoms with Crippen molar-refractivity contribution in [2.45, 2.75) is 38.6 Å². The molecule has 0 amide bonds. The number of aliphatic hydroxyl groups is 1. The second-order valence-corrected chi connectivity index (χ2v) is 3.47. The van der Waals surface area contributed by atoms with Crippen molar-refractivity contribution in [3.8, 4) is 0 Å². The SMILES string of the molecule is CCN[C@@H](CO)CC1CCC1. The van der Waals surface area contributed by atoms with Crippen LogP contribution in [0.2, 0.25) is 0 Å². The average Bonchev–Trinajstić information content (AvgIpc) is 1.94. The largest absolute Gasteiger partial charge is 0.395 e. The molecule has 0 aliphatic heterocycles. The monoisotopic (exact) mass is 157 g/mol. The number of hydrogen-bond acceptors (Lipinski definition) is 2. The lowest BCUT2D eigenvalue weighted by Gasteiger charge is -2.29. The molecule has 1 atom stereocenters. The maximum absolute atomic E-state index is 8.96. The van der Waals surface area contributed by atoms with Gasteiger partial charge in [-0.25, -0.2) is 0 Å². The van der Waals surface area contributed by atoms with E-state index in [9.17, 15) is 0 Å². The van der Waals surface area contributed by atoms with Crippen LogP contribution in [-0.2, 0) is 0 Å². The van der Waals surface area contributed by atoms with Crippen LogP contribution in [0.25, 0.3) is 0 Å². The van der Waals surface area contributed by atoms with Crippen LogP contribution in [-0.4, -0.2) is 24.3 Å². The Morgan fingerprint density at radius 3 is 2.64 bits per heavy atom. The minimum atomic E-state index is 0.296. The van der Waals surface area contributed by atoms with Crippen molar-refractivity contribution >= 4 is 0 Å². The van der Waals surface area contributed by atoms with Crippen LogP contribution in [0.3, 0.4) is 0 Å². The first kappa shape index (κ1) is 9.01. The van der Waals surface area contributed by atoms with Crippen LogP contribution >= 0.6 is 0 Å². The molecule has 2 N–H and O–H groups in total. The summed E-state index contributed by atoms with van der Waals surface area (Å²) in [6.07, 6.45) is 5.32. The van der Waals surface area contributed by atoms with E-state index < -0.39 is 0 Å². The molecule has 0 unspecified atom stereocenters. The maximum Gasteiger partial charge on any atom is 0.0584 e. The molecule has 0 spiro atoms. The molecule has 1 saturated carbocycles. The fourth-order valence-electron chi connectivity index (χ4n) is 1.64. The summed E-state index contributed by atoms with van der Waals surface area (Å²) in [6.45, 7) is 3.35. The van der Waals surface area contributed by atoms with Gasteiger partial charge in [0.1, 0.15) is 0 Å². The molecule has 2 heteroatoms. The number of nitrogens with one attached hydrogen (secondary N) is 1. The summed E-state index contributed by atoms with van der Waals surface area (Å²) in [5.74, 6) is 0.895. The van der Waals surface area contributed by atoms with Gasteiger partial charge in [0.15, 0.2) is 0 Å². The van der Waals surface area contributed by atoms with Crippen molar-refractivity contribution in [2.75, 3.05) is 13.2 Å². The fraction of sp³-hybridized carbons (Fsp3) is 1.00. The summed E-state index contributed by atoms with van der Waals surface area (Å²) in [5.41, 5.74) is 0. The van der Waals surface area contributed by atoms with Gasteiger partial charge >= 0.3 is 0 Å². The molecule has 0 bridgehead atoms. The molecule has 0 heterocycles. The Hall–Kier alpha value is -0.0800. The highest BCUT2D eigenvalue weighted by Crippen LogP contribution is 2.30. The molecule has 66 valence electrons. The Bertz CT molecular complexity index is 102. The third kappa shape index (κ3) is 2.80. The van der Waals surface area contributed by atoms with E-state index in [1.54, 1.807) is 0 Å². The van der Waals surface area contributed by atoms with Crippen molar-refractivity contribution in [3.05, 3.63) is 0 Å². The first-order valence-corrected chi connectivity index (χ1v) is 4.71. The van der Waals surface area contributed by atoms with Gasteiger partial charge in [-0.3, -0.25) is 0 Å². The fourth-order valence-corrected chi connectivity index (χ4v) is 1.64. The molecular weight excluding hydrogens is 138 g/mol. The van der Waals surface area contributed by atoms with Crippen molar-refractivity contribution < 1.29 is 5.11 Å². The highest BCUT2D eigenvalue weighted by Gasteiger charge is 2.20. The lowest BCUT2D eigenvalue weighted by atomic mass is 9.81. The van der Waals surface area contributed by atoms with E-state index in [2.05, 4.69) is 12.2 Å². The van der Waals surface area contributed by atoms with Gasteiger partial charge in [0.25, 0.3) is 0 Å². The molecule has 2 nitrogen and oxygen atoms in total. The van der Waals surface area contributed by atoms with Crippen LogP contribution in [0.1, 0.15) is 32.6 Å². The molecule has 1 aliphatic rings. The van der Waals surface area contributed by atoms with Crippen molar-refractivity contribution in [3.63, 3.8) is 0 Å². The number of rotatable bonds is 5. The van der Waals surface area contributed by atoms with Crippen molar-refractivity contribution in [1.29, 1.82) is 0 Å². The summed E-state index contributed by atoms with van der Waals surface area (Å²) in [5, 5.41) is 12.2. The van der Waals surface area contributed by atoms with Crippen LogP contribution in [0.15, 0.2) is 0 Å². The van der Waals surface area contributed by atoms with Crippen molar-refractivity contribution in [2.24, 2.45) is 5.92 Å². The zero-order chi connectivity index (χ0) is 8.10. The third-order valence-electron chi connectivity index (χ3n) is 2.56. The van der Waals surface area contributed by atoms with E-state index in [0.29, 0.717) is 12.6 Å². The van der Waals surface area contributed by atoms with Gasteiger partial charge in [0.05, 0.1) is 6.61 Å². The van der Waals surface area contributed by atoms with E-state index in [0.717, 1.165) is 12.5 Å². The predicted molar refractivity (Wildman–Crippen MR) is 46.5 cm³/mol. The van der Waals surface area contributed by atoms with E-state index in [1.165, 1.54) is 25.7 Å². The zero-order valence-corrected chi connectivity index (χ0v) is 7.34. The van der Waals surface area contributed by atoms with Crippen LogP contribution in [0.5, 0.6) is 0 Å². The molecule has 11 heavy (non-hydrogen) atoms. The third-order valence-corrected chi connectivity index (χ3v) is 2.56. The van der Waals surface area contributed by atoms with Gasteiger partial charge in [0.2, 0.25) is 0 Å². The van der Waals surface area contributed by atoms with Gasteiger partial charge < -0.3 is 10.4 Å². The minimum absolute atomic E-state index is 0.296. The second kappa shape index (κ2) is 4.73. The molecule has 1 aliphatic carbocycles. The van der Waals surface area contributed by atoms with Gasteiger partial charge in [-0.1, -0.05) is 26.2 Å². The van der Waals surface area contributed by atoms with Crippen LogP contribution in [0, 0.1) is 5.92 Å². The lowest BCUT2D eigenvalue weighted by Crippen LogP contribution is -2.35. The Morgan fingerprint density at radius 2 is 2.27 bits per heavy atom. The van der Waals surface area contributed by atoms with Gasteiger partial charge in [-0.15, -0.1) is 0 Å². The molecule has 1 rings (SSSR count). The Morgan fingerprint density at radius 1 is 1.55 bits per heavy atom. The quantitative estimate of drug-likeness (QED) is 0.627. The lowest BCUT2D eigenvalue weighted by molar-refractivity contribution is 0.191. The van der Waals surface area contributed by atoms with Gasteiger partial charge in [0, 0.05) is 6.04 Å². The Kier molecular flexibility index (Phi) is 3.87. The number of likely N-dealkylation sites (N-methyl/N-ethyl adjacent to an activating group) is 1. The first-order valence-electron chi connectivity index (χ1n) is 4.71. The summed E-state index contributed by atoms with van der Waals surface area (Å²) in [6, 6.07) is 0.352. The summed E-state index contributed by atoms with van der Waals surface area (Å²) in [7, 11) is 0. The number of hydrogen-bond donors (Lipinski definition) is 2. The van der Waals surface area contributed by atoms with E-state index >= 15 is 0 Å². The van der Waals surface area contributed by atoms with Gasteiger partial charge in [-0.05, 0) is 18.9 Å². The normalized spacial score (nSPS) is 21.3. The zero-order valence-electron chi connectivity index (χ0n) is 7.34. The Labute approximate surface area is 69.0 Å². The van der Waals surface area contributed by atoms with Crippen LogP contribution < -0.4 is 5.32 Å². The molecule has 0 aromatic rings. The summed E-state index contributed by atoms with van der Waals surface area (Å²) < 4.78 is 0. The first-order chi connectivity index (χ1) is 5.36. The standard InChI is InChI=1S/C9H19NO/c1-2-10-9(7-11)6-8-4-3-5-8/h8-11H,2-7H2,1H3/t9-/m1/s1. The van der Waals surface area contributed by atoms with Gasteiger partial charge in [-0.2, -0.15) is 0 Å². The summed E-state index contributed by atoms with van der Waals surface area (Å²) >= 11 is 0. The topological polar surface area (TPSA) is 32.3 Å². The molecule has 0 radical (unpaired) electrons. The summed E-state index contributed by atoms with van der Waals surface area (Å²) in [4.78, 5) is 0. The number of aliphatic hydroxyl groups excluding tert-OH is 1. The second-order valence-electron chi connectivity index (χ2n) is 3.47. The highest BCUT2D eigenvalue weighted by molar-refractivity contribution is 4.76. The average molecular weight is 157 g/mol. The maximum atomic E-state index is 8.96. The molecule has 0 aromatic carbocycles. The van der Waals surface area contributed by atoms with E-state index in [1.807, 2.05) is 0 Å². The molecule has 0 saturated heterocycles.